The number of rotatable bonds is 6. The maximum Gasteiger partial charge on any atom is 0.307 e. The number of benzene rings is 1. The Morgan fingerprint density at radius 2 is 2.08 bits per heavy atom. The molecule has 8 heteroatoms. The van der Waals surface area contributed by atoms with Gasteiger partial charge in [0.2, 0.25) is 0 Å². The number of thiophene rings is 1. The number of hydrogen-bond donors (Lipinski definition) is 1. The molecule has 2 heterocycles. The molecule has 0 saturated carbocycles. The lowest BCUT2D eigenvalue weighted by Gasteiger charge is -2.04. The highest BCUT2D eigenvalue weighted by molar-refractivity contribution is 7.12. The molecule has 0 aliphatic carbocycles. The summed E-state index contributed by atoms with van der Waals surface area (Å²) in [5, 5.41) is 19.3. The molecule has 7 nitrogen and oxygen atoms in total. The highest BCUT2D eigenvalue weighted by Gasteiger charge is 2.12. The maximum atomic E-state index is 12.3. The predicted octanol–water partition coefficient (Wildman–Crippen LogP) is 3.72. The smallest absolute Gasteiger partial charge is 0.307 e. The van der Waals surface area contributed by atoms with Crippen LogP contribution in [0.3, 0.4) is 0 Å². The zero-order chi connectivity index (χ0) is 17.8. The monoisotopic (exact) mass is 356 g/mol. The number of nitrogens with zero attached hydrogens (tertiary/aromatic N) is 3. The molecule has 0 unspecified atom stereocenters. The standard InChI is InChI=1S/C17H16N4O3S/c1-2-12-3-5-14(6-4-12)19-17(22)16-7-13(11-25-16)9-20-10-15(8-18-20)21(23)24/h3-8,10-11H,2,9H2,1H3,(H,19,22). The Morgan fingerprint density at radius 3 is 2.72 bits per heavy atom. The summed E-state index contributed by atoms with van der Waals surface area (Å²) in [5.74, 6) is -0.174. The predicted molar refractivity (Wildman–Crippen MR) is 96.1 cm³/mol. The molecule has 3 rings (SSSR count). The number of carbonyl (C=O) groups is 1. The van der Waals surface area contributed by atoms with Crippen LogP contribution in [0.4, 0.5) is 11.4 Å². The van der Waals surface area contributed by atoms with Crippen LogP contribution in [0.1, 0.15) is 27.7 Å². The van der Waals surface area contributed by atoms with Crippen LogP contribution in [0.15, 0.2) is 48.1 Å². The number of aromatic nitrogens is 2. The SMILES string of the molecule is CCc1ccc(NC(=O)c2cc(Cn3cc([N+](=O)[O-])cn3)cs2)cc1. The second-order valence-electron chi connectivity index (χ2n) is 5.48. The van der Waals surface area contributed by atoms with E-state index in [1.54, 1.807) is 6.07 Å². The number of anilines is 1. The van der Waals surface area contributed by atoms with Crippen molar-refractivity contribution < 1.29 is 9.72 Å². The Morgan fingerprint density at radius 1 is 1.32 bits per heavy atom. The molecule has 1 amide bonds. The van der Waals surface area contributed by atoms with Gasteiger partial charge in [-0.25, -0.2) is 0 Å². The molecule has 2 aromatic heterocycles. The number of carbonyl (C=O) groups excluding carboxylic acids is 1. The van der Waals surface area contributed by atoms with Gasteiger partial charge in [-0.05, 0) is 41.1 Å². The van der Waals surface area contributed by atoms with Crippen molar-refractivity contribution in [2.24, 2.45) is 0 Å². The molecule has 0 aliphatic heterocycles. The molecule has 0 radical (unpaired) electrons. The summed E-state index contributed by atoms with van der Waals surface area (Å²) in [6, 6.07) is 9.51. The summed E-state index contributed by atoms with van der Waals surface area (Å²) in [6.07, 6.45) is 3.53. The fraction of sp³-hybridized carbons (Fsp3) is 0.176. The van der Waals surface area contributed by atoms with Crippen LogP contribution in [-0.4, -0.2) is 20.6 Å². The number of amides is 1. The van der Waals surface area contributed by atoms with E-state index >= 15 is 0 Å². The second kappa shape index (κ2) is 7.27. The Labute approximate surface area is 148 Å². The number of hydrogen-bond acceptors (Lipinski definition) is 5. The van der Waals surface area contributed by atoms with Crippen LogP contribution in [0.2, 0.25) is 0 Å². The molecule has 0 spiro atoms. The molecule has 1 N–H and O–H groups in total. The third-order valence-corrected chi connectivity index (χ3v) is 4.65. The average Bonchev–Trinajstić information content (AvgIpc) is 3.26. The van der Waals surface area contributed by atoms with E-state index in [9.17, 15) is 14.9 Å². The molecule has 25 heavy (non-hydrogen) atoms. The first-order valence-electron chi connectivity index (χ1n) is 7.69. The van der Waals surface area contributed by atoms with Crippen LogP contribution in [0.25, 0.3) is 0 Å². The highest BCUT2D eigenvalue weighted by atomic mass is 32.1. The Bertz CT molecular complexity index is 899. The van der Waals surface area contributed by atoms with E-state index < -0.39 is 4.92 Å². The molecule has 0 fully saturated rings. The molecule has 128 valence electrons. The van der Waals surface area contributed by atoms with Crippen molar-refractivity contribution >= 4 is 28.6 Å². The van der Waals surface area contributed by atoms with Gasteiger partial charge in [0.15, 0.2) is 0 Å². The van der Waals surface area contributed by atoms with E-state index in [1.165, 1.54) is 34.0 Å². The van der Waals surface area contributed by atoms with Crippen molar-refractivity contribution in [1.82, 2.24) is 9.78 Å². The van der Waals surface area contributed by atoms with Crippen molar-refractivity contribution in [3.8, 4) is 0 Å². The summed E-state index contributed by atoms with van der Waals surface area (Å²) in [6.45, 7) is 2.46. The largest absolute Gasteiger partial charge is 0.321 e. The van der Waals surface area contributed by atoms with Gasteiger partial charge < -0.3 is 5.32 Å². The van der Waals surface area contributed by atoms with Gasteiger partial charge in [-0.15, -0.1) is 11.3 Å². The van der Waals surface area contributed by atoms with E-state index in [4.69, 9.17) is 0 Å². The van der Waals surface area contributed by atoms with E-state index in [-0.39, 0.29) is 11.6 Å². The lowest BCUT2D eigenvalue weighted by molar-refractivity contribution is -0.385. The van der Waals surface area contributed by atoms with Gasteiger partial charge in [-0.3, -0.25) is 19.6 Å². The zero-order valence-corrected chi connectivity index (χ0v) is 14.3. The van der Waals surface area contributed by atoms with Gasteiger partial charge in [0, 0.05) is 5.69 Å². The van der Waals surface area contributed by atoms with E-state index in [0.29, 0.717) is 11.4 Å². The number of nitro groups is 1. The van der Waals surface area contributed by atoms with E-state index in [0.717, 1.165) is 17.7 Å². The van der Waals surface area contributed by atoms with Crippen molar-refractivity contribution in [2.75, 3.05) is 5.32 Å². The lowest BCUT2D eigenvalue weighted by Crippen LogP contribution is -2.10. The second-order valence-corrected chi connectivity index (χ2v) is 6.39. The van der Waals surface area contributed by atoms with E-state index in [1.807, 2.05) is 29.6 Å². The third-order valence-electron chi connectivity index (χ3n) is 3.67. The molecule has 3 aromatic rings. The fourth-order valence-corrected chi connectivity index (χ4v) is 3.11. The van der Waals surface area contributed by atoms with Crippen molar-refractivity contribution in [1.29, 1.82) is 0 Å². The molecule has 0 atom stereocenters. The van der Waals surface area contributed by atoms with Gasteiger partial charge in [-0.1, -0.05) is 19.1 Å². The average molecular weight is 356 g/mol. The summed E-state index contributed by atoms with van der Waals surface area (Å²) in [5.41, 5.74) is 2.78. The lowest BCUT2D eigenvalue weighted by atomic mass is 10.1. The van der Waals surface area contributed by atoms with Crippen molar-refractivity contribution in [2.45, 2.75) is 19.9 Å². The maximum absolute atomic E-state index is 12.3. The number of nitrogens with one attached hydrogen (secondary N) is 1. The Balaban J connectivity index is 1.65. The van der Waals surface area contributed by atoms with Gasteiger partial charge in [0.25, 0.3) is 5.91 Å². The van der Waals surface area contributed by atoms with Gasteiger partial charge in [-0.2, -0.15) is 5.10 Å². The van der Waals surface area contributed by atoms with Crippen LogP contribution < -0.4 is 5.32 Å². The molecule has 0 saturated heterocycles. The topological polar surface area (TPSA) is 90.1 Å². The first kappa shape index (κ1) is 16.8. The van der Waals surface area contributed by atoms with Crippen LogP contribution in [0, 0.1) is 10.1 Å². The third kappa shape index (κ3) is 4.10. The first-order valence-corrected chi connectivity index (χ1v) is 8.57. The summed E-state index contributed by atoms with van der Waals surface area (Å²) in [4.78, 5) is 23.1. The highest BCUT2D eigenvalue weighted by Crippen LogP contribution is 2.19. The quantitative estimate of drug-likeness (QED) is 0.538. The molecule has 0 aliphatic rings. The van der Waals surface area contributed by atoms with Gasteiger partial charge in [0.05, 0.1) is 16.3 Å². The minimum absolute atomic E-state index is 0.0521. The van der Waals surface area contributed by atoms with Gasteiger partial charge >= 0.3 is 5.69 Å². The Kier molecular flexibility index (Phi) is 4.90. The fourth-order valence-electron chi connectivity index (χ4n) is 2.31. The van der Waals surface area contributed by atoms with Crippen molar-refractivity contribution in [3.05, 3.63) is 74.2 Å². The summed E-state index contributed by atoms with van der Waals surface area (Å²) in [7, 11) is 0. The van der Waals surface area contributed by atoms with Crippen molar-refractivity contribution in [3.63, 3.8) is 0 Å². The minimum Gasteiger partial charge on any atom is -0.321 e. The summed E-state index contributed by atoms with van der Waals surface area (Å²) >= 11 is 1.33. The van der Waals surface area contributed by atoms with Gasteiger partial charge in [0.1, 0.15) is 12.4 Å². The zero-order valence-electron chi connectivity index (χ0n) is 13.5. The van der Waals surface area contributed by atoms with E-state index in [2.05, 4.69) is 17.3 Å². The minimum atomic E-state index is -0.486. The molecular formula is C17H16N4O3S. The normalized spacial score (nSPS) is 10.6. The van der Waals surface area contributed by atoms with Crippen LogP contribution in [-0.2, 0) is 13.0 Å². The molecule has 0 bridgehead atoms. The first-order chi connectivity index (χ1) is 12.0. The molecular weight excluding hydrogens is 340 g/mol. The van der Waals surface area contributed by atoms with Crippen LogP contribution in [0.5, 0.6) is 0 Å². The summed E-state index contributed by atoms with van der Waals surface area (Å²) < 4.78 is 1.48. The van der Waals surface area contributed by atoms with Crippen LogP contribution >= 0.6 is 11.3 Å². The number of aryl methyl sites for hydroxylation is 1. The Hall–Kier alpha value is -3.00. The molecule has 1 aromatic carbocycles.